The molecular weight excluding hydrogens is 334 g/mol. The van der Waals surface area contributed by atoms with Crippen molar-refractivity contribution < 1.29 is 23.9 Å². The van der Waals surface area contributed by atoms with Crippen molar-refractivity contribution in [2.45, 2.75) is 33.0 Å². The molecule has 0 saturated carbocycles. The number of rotatable bonds is 7. The van der Waals surface area contributed by atoms with Gasteiger partial charge in [0.15, 0.2) is 18.0 Å². The number of amides is 1. The van der Waals surface area contributed by atoms with Gasteiger partial charge in [-0.3, -0.25) is 9.59 Å². The number of benzene rings is 2. The zero-order chi connectivity index (χ0) is 19.1. The normalized spacial score (nSPS) is 12.6. The second kappa shape index (κ2) is 8.80. The summed E-state index contributed by atoms with van der Waals surface area (Å²) >= 11 is 0. The molecule has 0 aliphatic heterocycles. The van der Waals surface area contributed by atoms with E-state index in [0.717, 1.165) is 0 Å². The molecule has 0 bridgehead atoms. The van der Waals surface area contributed by atoms with E-state index in [0.29, 0.717) is 17.0 Å². The first-order valence-electron chi connectivity index (χ1n) is 8.21. The quantitative estimate of drug-likeness (QED) is 0.609. The Kier molecular flexibility index (Phi) is 6.49. The van der Waals surface area contributed by atoms with Crippen molar-refractivity contribution in [1.29, 1.82) is 0 Å². The van der Waals surface area contributed by atoms with Crippen LogP contribution >= 0.6 is 0 Å². The van der Waals surface area contributed by atoms with Gasteiger partial charge in [0.2, 0.25) is 0 Å². The van der Waals surface area contributed by atoms with Crippen LogP contribution in [0.3, 0.4) is 0 Å². The largest absolute Gasteiger partial charge is 0.479 e. The third-order valence-corrected chi connectivity index (χ3v) is 3.59. The number of Topliss-reactive ketones (excluding diaryl/α,β-unsaturated/α-hetero) is 1. The van der Waals surface area contributed by atoms with Crippen LogP contribution in [0.15, 0.2) is 54.6 Å². The topological polar surface area (TPSA) is 81.7 Å². The van der Waals surface area contributed by atoms with Gasteiger partial charge in [-0.25, -0.2) is 4.79 Å². The highest BCUT2D eigenvalue weighted by atomic mass is 16.6. The number of esters is 1. The van der Waals surface area contributed by atoms with Crippen LogP contribution in [0, 0.1) is 0 Å². The van der Waals surface area contributed by atoms with Crippen LogP contribution in [-0.2, 0) is 14.3 Å². The number of ether oxygens (including phenoxy) is 2. The van der Waals surface area contributed by atoms with Crippen LogP contribution in [0.4, 0.5) is 5.69 Å². The van der Waals surface area contributed by atoms with Crippen LogP contribution in [0.5, 0.6) is 5.75 Å². The highest BCUT2D eigenvalue weighted by Gasteiger charge is 2.23. The van der Waals surface area contributed by atoms with Gasteiger partial charge in [-0.2, -0.15) is 0 Å². The number of carbonyl (C=O) groups is 3. The maximum Gasteiger partial charge on any atom is 0.347 e. The lowest BCUT2D eigenvalue weighted by Gasteiger charge is -2.18. The summed E-state index contributed by atoms with van der Waals surface area (Å²) in [5.41, 5.74) is 0.941. The predicted octanol–water partition coefficient (Wildman–Crippen LogP) is 3.23. The van der Waals surface area contributed by atoms with E-state index in [1.165, 1.54) is 13.8 Å². The fourth-order valence-electron chi connectivity index (χ4n) is 2.13. The summed E-state index contributed by atoms with van der Waals surface area (Å²) < 4.78 is 10.6. The Labute approximate surface area is 152 Å². The van der Waals surface area contributed by atoms with Gasteiger partial charge >= 0.3 is 5.97 Å². The number of nitrogens with one attached hydrogen (secondary N) is 1. The first kappa shape index (κ1) is 19.2. The molecule has 2 atom stereocenters. The van der Waals surface area contributed by atoms with Crippen molar-refractivity contribution in [3.63, 3.8) is 0 Å². The Morgan fingerprint density at radius 2 is 1.62 bits per heavy atom. The number of carbonyl (C=O) groups excluding carboxylic acids is 3. The van der Waals surface area contributed by atoms with Crippen molar-refractivity contribution >= 4 is 23.3 Å². The van der Waals surface area contributed by atoms with Crippen molar-refractivity contribution in [1.82, 2.24) is 0 Å². The number of para-hydroxylation sites is 1. The summed E-state index contributed by atoms with van der Waals surface area (Å²) in [4.78, 5) is 35.7. The average molecular weight is 355 g/mol. The van der Waals surface area contributed by atoms with E-state index in [2.05, 4.69) is 5.32 Å². The first-order valence-corrected chi connectivity index (χ1v) is 8.21. The van der Waals surface area contributed by atoms with Gasteiger partial charge in [0, 0.05) is 11.3 Å². The molecule has 1 N–H and O–H groups in total. The minimum Gasteiger partial charge on any atom is -0.479 e. The Morgan fingerprint density at radius 3 is 2.27 bits per heavy atom. The summed E-state index contributed by atoms with van der Waals surface area (Å²) in [7, 11) is 0. The molecule has 0 fully saturated rings. The highest BCUT2D eigenvalue weighted by Crippen LogP contribution is 2.14. The van der Waals surface area contributed by atoms with Crippen LogP contribution in [0.1, 0.15) is 31.1 Å². The molecule has 0 heterocycles. The zero-order valence-electron chi connectivity index (χ0n) is 14.9. The molecule has 2 aromatic rings. The van der Waals surface area contributed by atoms with Gasteiger partial charge in [0.05, 0.1) is 0 Å². The fourth-order valence-corrected chi connectivity index (χ4v) is 2.13. The van der Waals surface area contributed by atoms with E-state index in [9.17, 15) is 14.4 Å². The molecule has 0 saturated heterocycles. The molecule has 0 aliphatic carbocycles. The predicted molar refractivity (Wildman–Crippen MR) is 97.2 cm³/mol. The summed E-state index contributed by atoms with van der Waals surface area (Å²) in [6.07, 6.45) is -1.86. The number of hydrogen-bond acceptors (Lipinski definition) is 5. The number of hydrogen-bond donors (Lipinski definition) is 1. The monoisotopic (exact) mass is 355 g/mol. The Morgan fingerprint density at radius 1 is 0.923 bits per heavy atom. The highest BCUT2D eigenvalue weighted by molar-refractivity contribution is 5.98. The molecule has 0 unspecified atom stereocenters. The Bertz CT molecular complexity index is 788. The van der Waals surface area contributed by atoms with E-state index in [1.807, 2.05) is 6.07 Å². The maximum absolute atomic E-state index is 12.2. The van der Waals surface area contributed by atoms with E-state index < -0.39 is 24.1 Å². The minimum absolute atomic E-state index is 0.104. The van der Waals surface area contributed by atoms with Gasteiger partial charge in [0.25, 0.3) is 5.91 Å². The molecule has 6 nitrogen and oxygen atoms in total. The lowest BCUT2D eigenvalue weighted by molar-refractivity contribution is -0.159. The van der Waals surface area contributed by atoms with E-state index in [-0.39, 0.29) is 5.78 Å². The first-order chi connectivity index (χ1) is 12.4. The van der Waals surface area contributed by atoms with Crippen LogP contribution in [0.25, 0.3) is 0 Å². The fraction of sp³-hybridized carbons (Fsp3) is 0.250. The number of anilines is 1. The molecule has 6 heteroatoms. The lowest BCUT2D eigenvalue weighted by Crippen LogP contribution is -2.35. The summed E-state index contributed by atoms with van der Waals surface area (Å²) in [6.45, 7) is 4.47. The third kappa shape index (κ3) is 5.44. The molecule has 136 valence electrons. The van der Waals surface area contributed by atoms with Crippen molar-refractivity contribution in [3.8, 4) is 5.75 Å². The zero-order valence-corrected chi connectivity index (χ0v) is 14.9. The molecule has 1 amide bonds. The van der Waals surface area contributed by atoms with Crippen molar-refractivity contribution in [2.24, 2.45) is 0 Å². The molecule has 0 radical (unpaired) electrons. The molecular formula is C20H21NO5. The number of ketones is 1. The molecule has 2 rings (SSSR count). The Hall–Kier alpha value is -3.15. The SMILES string of the molecule is CC(=O)c1cccc(NC(=O)[C@@H](C)OC(=O)[C@H](C)Oc2ccccc2)c1. The van der Waals surface area contributed by atoms with Gasteiger partial charge in [-0.15, -0.1) is 0 Å². The molecule has 0 aliphatic rings. The van der Waals surface area contributed by atoms with Crippen molar-refractivity contribution in [3.05, 3.63) is 60.2 Å². The average Bonchev–Trinajstić information content (AvgIpc) is 2.62. The van der Waals surface area contributed by atoms with Gasteiger partial charge in [0.1, 0.15) is 5.75 Å². The molecule has 26 heavy (non-hydrogen) atoms. The van der Waals surface area contributed by atoms with Gasteiger partial charge in [-0.05, 0) is 45.0 Å². The molecule has 2 aromatic carbocycles. The third-order valence-electron chi connectivity index (χ3n) is 3.59. The summed E-state index contributed by atoms with van der Waals surface area (Å²) in [5.74, 6) is -0.706. The van der Waals surface area contributed by atoms with Gasteiger partial charge in [-0.1, -0.05) is 30.3 Å². The van der Waals surface area contributed by atoms with E-state index in [1.54, 1.807) is 55.5 Å². The van der Waals surface area contributed by atoms with Crippen LogP contribution in [0.2, 0.25) is 0 Å². The molecule has 0 spiro atoms. The lowest BCUT2D eigenvalue weighted by atomic mass is 10.1. The van der Waals surface area contributed by atoms with E-state index >= 15 is 0 Å². The summed E-state index contributed by atoms with van der Waals surface area (Å²) in [5, 5.41) is 2.62. The standard InChI is InChI=1S/C20H21NO5/c1-13(22)16-8-7-9-17(12-16)21-19(23)14(2)26-20(24)15(3)25-18-10-5-4-6-11-18/h4-12,14-15H,1-3H3,(H,21,23)/t14-,15+/m1/s1. The second-order valence-electron chi connectivity index (χ2n) is 5.78. The maximum atomic E-state index is 12.2. The Balaban J connectivity index is 1.90. The van der Waals surface area contributed by atoms with Crippen LogP contribution < -0.4 is 10.1 Å². The minimum atomic E-state index is -1.01. The van der Waals surface area contributed by atoms with Gasteiger partial charge < -0.3 is 14.8 Å². The van der Waals surface area contributed by atoms with Crippen LogP contribution in [-0.4, -0.2) is 29.9 Å². The smallest absolute Gasteiger partial charge is 0.347 e. The molecule has 0 aromatic heterocycles. The van der Waals surface area contributed by atoms with Crippen molar-refractivity contribution in [2.75, 3.05) is 5.32 Å². The second-order valence-corrected chi connectivity index (χ2v) is 5.78. The summed E-state index contributed by atoms with van der Waals surface area (Å²) in [6, 6.07) is 15.4. The van der Waals surface area contributed by atoms with E-state index in [4.69, 9.17) is 9.47 Å².